The first-order valence-corrected chi connectivity index (χ1v) is 57.2. The molecule has 0 aliphatic carbocycles. The molecule has 0 unspecified atom stereocenters. The number of carbonyl (C=O) groups excluding carboxylic acids is 1. The van der Waals surface area contributed by atoms with E-state index in [2.05, 4.69) is 96.6 Å². The largest absolute Gasteiger partial charge is 0.491 e. The van der Waals surface area contributed by atoms with Gasteiger partial charge in [-0.3, -0.25) is 0 Å². The van der Waals surface area contributed by atoms with Crippen molar-refractivity contribution in [2.24, 2.45) is 0 Å². The maximum atomic E-state index is 14.7. The third-order valence-corrected chi connectivity index (χ3v) is 51.7. The minimum absolute atomic E-state index is 0.236. The van der Waals surface area contributed by atoms with Crippen LogP contribution in [0.4, 0.5) is 0 Å². The van der Waals surface area contributed by atoms with Crippen molar-refractivity contribution in [3.05, 3.63) is 12.2 Å². The lowest BCUT2D eigenvalue weighted by atomic mass is 10.2. The second-order valence-electron chi connectivity index (χ2n) is 31.0. The molecular formula is C82H174O7Si6. The molecule has 0 aromatic rings. The van der Waals surface area contributed by atoms with Crippen molar-refractivity contribution in [3.8, 4) is 0 Å². The Balaban J connectivity index is 10.2. The van der Waals surface area contributed by atoms with Crippen LogP contribution in [0.5, 0.6) is 0 Å². The van der Waals surface area contributed by atoms with Crippen molar-refractivity contribution in [3.63, 3.8) is 0 Å². The predicted octanol–water partition coefficient (Wildman–Crippen LogP) is 30.9. The Labute approximate surface area is 604 Å². The van der Waals surface area contributed by atoms with Crippen LogP contribution in [0.2, 0.25) is 78.6 Å². The third kappa shape index (κ3) is 47.3. The van der Waals surface area contributed by atoms with E-state index in [1.54, 1.807) is 0 Å². The molecule has 0 bridgehead atoms. The van der Waals surface area contributed by atoms with Crippen LogP contribution in [0.3, 0.4) is 0 Å². The van der Waals surface area contributed by atoms with E-state index in [0.29, 0.717) is 5.57 Å². The van der Waals surface area contributed by atoms with E-state index in [1.165, 1.54) is 301 Å². The van der Waals surface area contributed by atoms with Gasteiger partial charge in [-0.15, -0.1) is 0 Å². The molecule has 0 atom stereocenters. The summed E-state index contributed by atoms with van der Waals surface area (Å²) in [6, 6.07) is 14.0. The molecule has 13 heteroatoms. The van der Waals surface area contributed by atoms with Crippen LogP contribution >= 0.6 is 0 Å². The lowest BCUT2D eigenvalue weighted by molar-refractivity contribution is -0.132. The molecular weight excluding hydrogens is 1270 g/mol. The predicted molar refractivity (Wildman–Crippen MR) is 437 cm³/mol. The first-order valence-electron chi connectivity index (χ1n) is 43.5. The zero-order chi connectivity index (χ0) is 70.4. The molecule has 0 saturated carbocycles. The van der Waals surface area contributed by atoms with Gasteiger partial charge in [-0.05, 0) is 73.4 Å². The van der Waals surface area contributed by atoms with Crippen molar-refractivity contribution in [1.29, 1.82) is 0 Å². The van der Waals surface area contributed by atoms with Crippen LogP contribution in [-0.4, -0.2) is 57.1 Å². The highest BCUT2D eigenvalue weighted by molar-refractivity contribution is 6.93. The molecule has 568 valence electrons. The standard InChI is InChI=1S/C82H174O7Si6/c1-16-29-42-55-68-90(69-56-43-30-17-2,70-57-44-31-18-3)85-92(73-60-47-34-21-6,74-61-48-35-22-7)87-94(77-64-51-38-25-10,78-65-52-39-26-11)89-95(79-66-53-40-27-12,80-67-54-41-28-13)88-93(75-62-49-36-23-8,76-63-50-37-24-9)86-91(71-58-45-32-19-4,72-59-46-33-20-5)84-82(83)81(14)15/h14,16-80H2,1-13,15H3. The Bertz CT molecular complexity index is 1600. The van der Waals surface area contributed by atoms with E-state index in [-0.39, 0.29) is 5.97 Å². The van der Waals surface area contributed by atoms with Gasteiger partial charge in [0.25, 0.3) is 0 Å². The molecule has 0 heterocycles. The summed E-state index contributed by atoms with van der Waals surface area (Å²) in [5.74, 6) is -0.236. The molecule has 0 saturated heterocycles. The first-order chi connectivity index (χ1) is 46.2. The molecule has 0 radical (unpaired) electrons. The fourth-order valence-electron chi connectivity index (χ4n) is 15.1. The van der Waals surface area contributed by atoms with Gasteiger partial charge >= 0.3 is 48.8 Å². The van der Waals surface area contributed by atoms with Crippen LogP contribution < -0.4 is 0 Å². The molecule has 0 fully saturated rings. The summed E-state index contributed by atoms with van der Waals surface area (Å²) >= 11 is 0. The van der Waals surface area contributed by atoms with Crippen LogP contribution in [0.1, 0.15) is 431 Å². The number of hydrogen-bond donors (Lipinski definition) is 0. The highest BCUT2D eigenvalue weighted by Gasteiger charge is 2.59. The van der Waals surface area contributed by atoms with Crippen LogP contribution in [0.15, 0.2) is 12.2 Å². The van der Waals surface area contributed by atoms with Crippen LogP contribution in [-0.2, 0) is 29.8 Å². The monoisotopic (exact) mass is 1440 g/mol. The average Bonchev–Trinajstić information content (AvgIpc) is 0.769. The van der Waals surface area contributed by atoms with Crippen molar-refractivity contribution < 1.29 is 29.8 Å². The fraction of sp³-hybridized carbons (Fsp3) is 0.963. The zero-order valence-electron chi connectivity index (χ0n) is 67.5. The van der Waals surface area contributed by atoms with Gasteiger partial charge in [0.2, 0.25) is 0 Å². The molecule has 95 heavy (non-hydrogen) atoms. The highest BCUT2D eigenvalue weighted by atomic mass is 28.5. The summed E-state index contributed by atoms with van der Waals surface area (Å²) < 4.78 is 52.9. The molecule has 0 aromatic carbocycles. The summed E-state index contributed by atoms with van der Waals surface area (Å²) in [4.78, 5) is 14.7. The average molecular weight is 1440 g/mol. The van der Waals surface area contributed by atoms with E-state index >= 15 is 0 Å². The van der Waals surface area contributed by atoms with E-state index < -0.39 is 51.1 Å². The van der Waals surface area contributed by atoms with Crippen LogP contribution in [0.25, 0.3) is 0 Å². The Morgan fingerprint density at radius 1 is 0.211 bits per heavy atom. The van der Waals surface area contributed by atoms with Gasteiger partial charge in [0.05, 0.1) is 0 Å². The number of rotatable bonds is 77. The smallest absolute Gasteiger partial charge is 0.393 e. The third-order valence-electron chi connectivity index (χ3n) is 21.1. The van der Waals surface area contributed by atoms with E-state index in [9.17, 15) is 17.1 Å². The molecule has 0 aliphatic heterocycles. The van der Waals surface area contributed by atoms with Gasteiger partial charge in [-0.25, -0.2) is 4.79 Å². The lowest BCUT2D eigenvalue weighted by Crippen LogP contribution is -2.66. The minimum Gasteiger partial charge on any atom is -0.491 e. The van der Waals surface area contributed by atoms with E-state index in [1.807, 2.05) is 6.92 Å². The lowest BCUT2D eigenvalue weighted by Gasteiger charge is -2.51. The maximum Gasteiger partial charge on any atom is 0.393 e. The van der Waals surface area contributed by atoms with Crippen molar-refractivity contribution in [2.75, 3.05) is 0 Å². The summed E-state index contributed by atoms with van der Waals surface area (Å²) in [7, 11) is -18.6. The van der Waals surface area contributed by atoms with Gasteiger partial charge in [-0.1, -0.05) is 430 Å². The summed E-state index contributed by atoms with van der Waals surface area (Å²) in [6.07, 6.45) is 63.6. The first kappa shape index (κ1) is 95.3. The van der Waals surface area contributed by atoms with Crippen molar-refractivity contribution in [1.82, 2.24) is 0 Å². The maximum absolute atomic E-state index is 14.7. The quantitative estimate of drug-likeness (QED) is 0.0341. The summed E-state index contributed by atoms with van der Waals surface area (Å²) in [6.45, 7) is 37.1. The number of carbonyl (C=O) groups is 1. The SMILES string of the molecule is C=C(C)C(=O)O[Si](CCCCCC)(CCCCCC)O[Si](CCCCCC)(CCCCCC)O[Si](CCCCCC)(CCCCCC)O[Si](CCCCCC)(CCCCCC)O[Si](CCCCCC)(CCCCCC)O[Si](CCCCCC)(CCCCCC)CCCCCC. The molecule has 0 aliphatic rings. The van der Waals surface area contributed by atoms with E-state index in [4.69, 9.17) is 12.7 Å². The van der Waals surface area contributed by atoms with Gasteiger partial charge in [-0.2, -0.15) is 0 Å². The Hall–Kier alpha value is 0.311. The Kier molecular flexibility index (Phi) is 64.2. The fourth-order valence-corrected chi connectivity index (χ4v) is 53.3. The molecule has 0 N–H and O–H groups in total. The summed E-state index contributed by atoms with van der Waals surface area (Å²) in [5, 5.41) is 0. The molecule has 0 rings (SSSR count). The van der Waals surface area contributed by atoms with Gasteiger partial charge in [0.15, 0.2) is 8.32 Å². The van der Waals surface area contributed by atoms with E-state index in [0.717, 1.165) is 112 Å². The topological polar surface area (TPSA) is 72.5 Å². The van der Waals surface area contributed by atoms with Gasteiger partial charge in [0, 0.05) is 17.7 Å². The molecule has 0 aromatic heterocycles. The molecule has 7 nitrogen and oxygen atoms in total. The van der Waals surface area contributed by atoms with Gasteiger partial charge < -0.3 is 25.0 Å². The Morgan fingerprint density at radius 3 is 0.526 bits per heavy atom. The second kappa shape index (κ2) is 64.0. The minimum atomic E-state index is -3.31. The van der Waals surface area contributed by atoms with Crippen LogP contribution in [0, 0.1) is 0 Å². The second-order valence-corrected chi connectivity index (χ2v) is 53.2. The number of unbranched alkanes of at least 4 members (excludes halogenated alkanes) is 39. The van der Waals surface area contributed by atoms with Gasteiger partial charge in [0.1, 0.15) is 0 Å². The highest BCUT2D eigenvalue weighted by Crippen LogP contribution is 2.47. The zero-order valence-corrected chi connectivity index (χ0v) is 73.5. The van der Waals surface area contributed by atoms with Crippen molar-refractivity contribution in [2.45, 2.75) is 509 Å². The summed E-state index contributed by atoms with van der Waals surface area (Å²) in [5.41, 5.74) is 0.499. The number of hydrogen-bond acceptors (Lipinski definition) is 7. The molecule has 0 amide bonds. The normalized spacial score (nSPS) is 12.8. The van der Waals surface area contributed by atoms with Crippen molar-refractivity contribution >= 4 is 57.1 Å². The Morgan fingerprint density at radius 2 is 0.358 bits per heavy atom. The molecule has 0 spiro atoms.